The van der Waals surface area contributed by atoms with Crippen LogP contribution in [-0.4, -0.2) is 20.0 Å². The summed E-state index contributed by atoms with van der Waals surface area (Å²) in [6.45, 7) is 3.60. The molecule has 3 aromatic carbocycles. The third-order valence-corrected chi connectivity index (χ3v) is 5.91. The van der Waals surface area contributed by atoms with Crippen molar-refractivity contribution in [2.75, 3.05) is 14.2 Å². The zero-order valence-electron chi connectivity index (χ0n) is 19.0. The first-order valence-electron chi connectivity index (χ1n) is 10.8. The fourth-order valence-corrected chi connectivity index (χ4v) is 4.34. The smallest absolute Gasteiger partial charge is 0.138 e. The molecule has 0 aliphatic carbocycles. The van der Waals surface area contributed by atoms with Crippen LogP contribution in [0.15, 0.2) is 71.1 Å². The van der Waals surface area contributed by atoms with E-state index in [0.717, 1.165) is 50.3 Å². The Hall–Kier alpha value is -3.37. The number of furan rings is 1. The van der Waals surface area contributed by atoms with Gasteiger partial charge in [0.2, 0.25) is 0 Å². The maximum absolute atomic E-state index is 11.9. The molecule has 1 unspecified atom stereocenters. The molecular weight excluding hydrogens is 400 g/mol. The number of benzene rings is 3. The van der Waals surface area contributed by atoms with Gasteiger partial charge in [0.05, 0.1) is 7.11 Å². The third-order valence-electron chi connectivity index (χ3n) is 5.91. The third kappa shape index (κ3) is 4.19. The zero-order valence-corrected chi connectivity index (χ0v) is 19.0. The number of hydrogen-bond acceptors (Lipinski definition) is 4. The number of ether oxygens (including phenoxy) is 2. The van der Waals surface area contributed by atoms with Crippen molar-refractivity contribution in [1.82, 2.24) is 0 Å². The lowest BCUT2D eigenvalue weighted by atomic mass is 9.91. The fourth-order valence-electron chi connectivity index (χ4n) is 4.34. The molecule has 0 amide bonds. The van der Waals surface area contributed by atoms with Crippen LogP contribution in [0.4, 0.5) is 0 Å². The average Bonchev–Trinajstić information content (AvgIpc) is 3.14. The van der Waals surface area contributed by atoms with Crippen LogP contribution in [0.1, 0.15) is 41.9 Å². The Kier molecular flexibility index (Phi) is 6.42. The van der Waals surface area contributed by atoms with Crippen molar-refractivity contribution in [1.29, 1.82) is 0 Å². The molecule has 0 saturated carbocycles. The second kappa shape index (κ2) is 9.41. The number of methoxy groups -OCH3 is 2. The number of rotatable bonds is 8. The largest absolute Gasteiger partial charge is 0.497 e. The van der Waals surface area contributed by atoms with Crippen molar-refractivity contribution >= 4 is 16.6 Å². The standard InChI is InChI=1S/C28H28O4/c1-18(29)12-17-25-26(27(31-4)21-13-15-22(30-3)16-14-21)19(2)32-28(25)24-11-7-9-20-8-5-6-10-23(20)24/h5-11,13-16,27H,12,17H2,1-4H3. The van der Waals surface area contributed by atoms with E-state index in [1.54, 1.807) is 21.1 Å². The number of carbonyl (C=O) groups excluding carboxylic acids is 1. The van der Waals surface area contributed by atoms with Gasteiger partial charge in [-0.15, -0.1) is 0 Å². The lowest BCUT2D eigenvalue weighted by Crippen LogP contribution is -2.08. The van der Waals surface area contributed by atoms with E-state index < -0.39 is 0 Å². The SMILES string of the molecule is COc1ccc(C(OC)c2c(C)oc(-c3cccc4ccccc34)c2CCC(C)=O)cc1. The molecule has 0 spiro atoms. The highest BCUT2D eigenvalue weighted by Crippen LogP contribution is 2.41. The second-order valence-electron chi connectivity index (χ2n) is 8.00. The van der Waals surface area contributed by atoms with Gasteiger partial charge in [0.25, 0.3) is 0 Å². The van der Waals surface area contributed by atoms with E-state index in [4.69, 9.17) is 13.9 Å². The van der Waals surface area contributed by atoms with Gasteiger partial charge in [-0.2, -0.15) is 0 Å². The zero-order chi connectivity index (χ0) is 22.7. The van der Waals surface area contributed by atoms with E-state index in [9.17, 15) is 4.79 Å². The van der Waals surface area contributed by atoms with Crippen LogP contribution in [0, 0.1) is 6.92 Å². The summed E-state index contributed by atoms with van der Waals surface area (Å²) in [5.74, 6) is 2.55. The molecule has 4 nitrogen and oxygen atoms in total. The summed E-state index contributed by atoms with van der Waals surface area (Å²) in [6.07, 6.45) is 0.731. The van der Waals surface area contributed by atoms with Gasteiger partial charge in [0.15, 0.2) is 0 Å². The molecule has 4 heteroatoms. The summed E-state index contributed by atoms with van der Waals surface area (Å²) in [6, 6.07) is 22.4. The van der Waals surface area contributed by atoms with Gasteiger partial charge in [-0.3, -0.25) is 0 Å². The molecule has 1 aromatic heterocycles. The van der Waals surface area contributed by atoms with Gasteiger partial charge < -0.3 is 18.7 Å². The van der Waals surface area contributed by atoms with Gasteiger partial charge in [0, 0.05) is 30.2 Å². The van der Waals surface area contributed by atoms with Crippen molar-refractivity contribution in [2.24, 2.45) is 0 Å². The Morgan fingerprint density at radius 2 is 1.69 bits per heavy atom. The first kappa shape index (κ1) is 21.8. The quantitative estimate of drug-likeness (QED) is 0.314. The summed E-state index contributed by atoms with van der Waals surface area (Å²) in [5, 5.41) is 2.27. The van der Waals surface area contributed by atoms with E-state index in [-0.39, 0.29) is 11.9 Å². The van der Waals surface area contributed by atoms with Crippen molar-refractivity contribution in [3.8, 4) is 17.1 Å². The molecule has 164 valence electrons. The highest BCUT2D eigenvalue weighted by atomic mass is 16.5. The molecule has 0 aliphatic rings. The average molecular weight is 429 g/mol. The monoisotopic (exact) mass is 428 g/mol. The maximum atomic E-state index is 11.9. The lowest BCUT2D eigenvalue weighted by Gasteiger charge is -2.18. The molecule has 0 fully saturated rings. The van der Waals surface area contributed by atoms with Crippen molar-refractivity contribution in [2.45, 2.75) is 32.8 Å². The van der Waals surface area contributed by atoms with Crippen LogP contribution >= 0.6 is 0 Å². The number of aryl methyl sites for hydroxylation is 1. The Balaban J connectivity index is 1.90. The molecule has 32 heavy (non-hydrogen) atoms. The highest BCUT2D eigenvalue weighted by Gasteiger charge is 2.27. The van der Waals surface area contributed by atoms with E-state index in [0.29, 0.717) is 12.8 Å². The number of hydrogen-bond donors (Lipinski definition) is 0. The minimum atomic E-state index is -0.310. The molecule has 0 radical (unpaired) electrons. The minimum absolute atomic E-state index is 0.150. The van der Waals surface area contributed by atoms with Crippen LogP contribution in [0.2, 0.25) is 0 Å². The van der Waals surface area contributed by atoms with Gasteiger partial charge in [-0.05, 0) is 48.7 Å². The molecule has 1 heterocycles. The number of Topliss-reactive ketones (excluding diaryl/α,β-unsaturated/α-hetero) is 1. The minimum Gasteiger partial charge on any atom is -0.497 e. The van der Waals surface area contributed by atoms with Crippen LogP contribution < -0.4 is 4.74 Å². The normalized spacial score (nSPS) is 12.1. The van der Waals surface area contributed by atoms with Crippen LogP contribution in [0.25, 0.3) is 22.1 Å². The Bertz CT molecular complexity index is 1230. The van der Waals surface area contributed by atoms with Gasteiger partial charge in [0.1, 0.15) is 29.2 Å². The van der Waals surface area contributed by atoms with E-state index in [2.05, 4.69) is 24.3 Å². The van der Waals surface area contributed by atoms with Gasteiger partial charge in [-0.25, -0.2) is 0 Å². The molecule has 0 N–H and O–H groups in total. The van der Waals surface area contributed by atoms with Crippen LogP contribution in [0.3, 0.4) is 0 Å². The Morgan fingerprint density at radius 1 is 0.969 bits per heavy atom. The first-order chi connectivity index (χ1) is 15.5. The highest BCUT2D eigenvalue weighted by molar-refractivity contribution is 5.96. The van der Waals surface area contributed by atoms with Gasteiger partial charge >= 0.3 is 0 Å². The predicted octanol–water partition coefficient (Wildman–Crippen LogP) is 6.67. The molecular formula is C28H28O4. The Morgan fingerprint density at radius 3 is 2.38 bits per heavy atom. The van der Waals surface area contributed by atoms with E-state index in [1.807, 2.05) is 49.4 Å². The summed E-state index contributed by atoms with van der Waals surface area (Å²) in [4.78, 5) is 11.9. The molecule has 4 aromatic rings. The fraction of sp³-hybridized carbons (Fsp3) is 0.250. The van der Waals surface area contributed by atoms with E-state index in [1.165, 1.54) is 0 Å². The second-order valence-corrected chi connectivity index (χ2v) is 8.00. The maximum Gasteiger partial charge on any atom is 0.138 e. The van der Waals surface area contributed by atoms with Crippen molar-refractivity contribution in [3.63, 3.8) is 0 Å². The van der Waals surface area contributed by atoms with Gasteiger partial charge in [-0.1, -0.05) is 54.6 Å². The topological polar surface area (TPSA) is 48.7 Å². The van der Waals surface area contributed by atoms with Crippen LogP contribution in [-0.2, 0) is 16.0 Å². The number of carbonyl (C=O) groups is 1. The van der Waals surface area contributed by atoms with Crippen molar-refractivity contribution in [3.05, 3.63) is 89.2 Å². The summed E-state index contributed by atoms with van der Waals surface area (Å²) >= 11 is 0. The first-order valence-corrected chi connectivity index (χ1v) is 10.8. The summed E-state index contributed by atoms with van der Waals surface area (Å²) < 4.78 is 17.7. The number of fused-ring (bicyclic) bond motifs is 1. The molecule has 4 rings (SSSR count). The summed E-state index contributed by atoms with van der Waals surface area (Å²) in [7, 11) is 3.35. The lowest BCUT2D eigenvalue weighted by molar-refractivity contribution is -0.116. The van der Waals surface area contributed by atoms with Crippen molar-refractivity contribution < 1.29 is 18.7 Å². The molecule has 1 atom stereocenters. The summed E-state index contributed by atoms with van der Waals surface area (Å²) in [5.41, 5.74) is 4.05. The Labute approximate surface area is 188 Å². The van der Waals surface area contributed by atoms with E-state index >= 15 is 0 Å². The predicted molar refractivity (Wildman–Crippen MR) is 127 cm³/mol. The molecule has 0 bridgehead atoms. The number of ketones is 1. The molecule has 0 saturated heterocycles. The molecule has 0 aliphatic heterocycles. The van der Waals surface area contributed by atoms with Crippen LogP contribution in [0.5, 0.6) is 5.75 Å².